The number of aromatic nitrogens is 1. The minimum Gasteiger partial charge on any atom is -0.491 e. The lowest BCUT2D eigenvalue weighted by molar-refractivity contribution is 0.0920. The molecular formula is C27H32F2N4O2S. The predicted octanol–water partition coefficient (Wildman–Crippen LogP) is 4.56. The molecule has 1 saturated heterocycles. The first kappa shape index (κ1) is 24.9. The Morgan fingerprint density at radius 1 is 1.19 bits per heavy atom. The van der Waals surface area contributed by atoms with Gasteiger partial charge in [-0.05, 0) is 61.4 Å². The Hall–Kier alpha value is -2.78. The van der Waals surface area contributed by atoms with Crippen LogP contribution in [0.3, 0.4) is 0 Å². The Labute approximate surface area is 213 Å². The minimum absolute atomic E-state index is 0.0763. The fraction of sp³-hybridized carbons (Fsp3) is 0.481. The summed E-state index contributed by atoms with van der Waals surface area (Å²) in [6.07, 6.45) is 2.00. The molecule has 1 amide bonds. The molecule has 192 valence electrons. The molecule has 0 saturated carbocycles. The number of fused-ring (bicyclic) bond motifs is 2. The van der Waals surface area contributed by atoms with Crippen LogP contribution in [0.4, 0.5) is 14.5 Å². The van der Waals surface area contributed by atoms with E-state index in [1.165, 1.54) is 11.3 Å². The third kappa shape index (κ3) is 5.18. The molecule has 2 aliphatic rings. The number of ether oxygens (including phenoxy) is 1. The van der Waals surface area contributed by atoms with Crippen molar-refractivity contribution in [2.75, 3.05) is 38.8 Å². The van der Waals surface area contributed by atoms with Crippen LogP contribution in [0, 0.1) is 18.8 Å². The zero-order chi connectivity index (χ0) is 25.2. The van der Waals surface area contributed by atoms with Crippen molar-refractivity contribution >= 4 is 33.1 Å². The van der Waals surface area contributed by atoms with Gasteiger partial charge in [-0.25, -0.2) is 4.98 Å². The van der Waals surface area contributed by atoms with E-state index in [2.05, 4.69) is 21.7 Å². The number of benzene rings is 1. The molecule has 2 unspecified atom stereocenters. The number of pyridine rings is 1. The van der Waals surface area contributed by atoms with Crippen molar-refractivity contribution in [1.29, 1.82) is 0 Å². The van der Waals surface area contributed by atoms with Crippen molar-refractivity contribution in [3.63, 3.8) is 0 Å². The van der Waals surface area contributed by atoms with Gasteiger partial charge in [0.1, 0.15) is 22.1 Å². The van der Waals surface area contributed by atoms with E-state index < -0.39 is 0 Å². The Morgan fingerprint density at radius 2 is 1.94 bits per heavy atom. The summed E-state index contributed by atoms with van der Waals surface area (Å²) in [5.41, 5.74) is 9.65. The summed E-state index contributed by atoms with van der Waals surface area (Å²) in [5, 5.41) is 7.06. The maximum Gasteiger partial charge on any atom is 0.263 e. The van der Waals surface area contributed by atoms with E-state index in [1.807, 2.05) is 31.2 Å². The minimum atomic E-state index is -0.382. The number of halogens is 2. The Morgan fingerprint density at radius 3 is 2.67 bits per heavy atom. The van der Waals surface area contributed by atoms with Crippen molar-refractivity contribution in [2.24, 2.45) is 11.8 Å². The third-order valence-corrected chi connectivity index (χ3v) is 8.40. The van der Waals surface area contributed by atoms with Crippen LogP contribution in [0.25, 0.3) is 10.2 Å². The van der Waals surface area contributed by atoms with Crippen molar-refractivity contribution in [1.82, 2.24) is 15.6 Å². The van der Waals surface area contributed by atoms with Gasteiger partial charge in [-0.1, -0.05) is 12.1 Å². The number of thiophene rings is 1. The Bertz CT molecular complexity index is 1240. The number of nitrogens with zero attached hydrogens (tertiary/aromatic N) is 1. The second-order valence-electron chi connectivity index (χ2n) is 10.1. The molecule has 3 atom stereocenters. The summed E-state index contributed by atoms with van der Waals surface area (Å²) in [6.45, 7) is 2.64. The highest BCUT2D eigenvalue weighted by atomic mass is 32.1. The molecule has 3 aromatic rings. The van der Waals surface area contributed by atoms with Crippen LogP contribution < -0.4 is 21.1 Å². The van der Waals surface area contributed by atoms with E-state index in [0.717, 1.165) is 32.8 Å². The number of hydrogen-bond donors (Lipinski definition) is 3. The zero-order valence-corrected chi connectivity index (χ0v) is 21.2. The van der Waals surface area contributed by atoms with Gasteiger partial charge in [0.25, 0.3) is 5.91 Å². The largest absolute Gasteiger partial charge is 0.491 e. The summed E-state index contributed by atoms with van der Waals surface area (Å²) >= 11 is 1.30. The molecule has 6 nitrogen and oxygen atoms in total. The van der Waals surface area contributed by atoms with Crippen molar-refractivity contribution in [2.45, 2.75) is 38.1 Å². The Balaban J connectivity index is 1.28. The van der Waals surface area contributed by atoms with Gasteiger partial charge in [-0.2, -0.15) is 0 Å². The van der Waals surface area contributed by atoms with Crippen LogP contribution in [0.15, 0.2) is 30.3 Å². The summed E-state index contributed by atoms with van der Waals surface area (Å²) < 4.78 is 33.1. The first-order valence-corrected chi connectivity index (χ1v) is 13.3. The highest BCUT2D eigenvalue weighted by molar-refractivity contribution is 7.21. The summed E-state index contributed by atoms with van der Waals surface area (Å²) in [7, 11) is 0. The normalized spacial score (nSPS) is 24.4. The molecule has 2 aliphatic heterocycles. The first-order chi connectivity index (χ1) is 17.4. The van der Waals surface area contributed by atoms with E-state index >= 15 is 0 Å². The Kier molecular flexibility index (Phi) is 7.39. The number of alkyl halides is 2. The highest BCUT2D eigenvalue weighted by Gasteiger charge is 2.28. The van der Waals surface area contributed by atoms with Crippen LogP contribution in [0.1, 0.15) is 45.3 Å². The average Bonchev–Trinajstić information content (AvgIpc) is 3.19. The van der Waals surface area contributed by atoms with E-state index in [4.69, 9.17) is 10.5 Å². The lowest BCUT2D eigenvalue weighted by Crippen LogP contribution is -2.42. The van der Waals surface area contributed by atoms with Crippen molar-refractivity contribution < 1.29 is 18.3 Å². The molecule has 2 aromatic heterocycles. The topological polar surface area (TPSA) is 89.3 Å². The van der Waals surface area contributed by atoms with Gasteiger partial charge in [0.15, 0.2) is 0 Å². The van der Waals surface area contributed by atoms with Crippen LogP contribution in [0.2, 0.25) is 0 Å². The molecule has 4 N–H and O–H groups in total. The number of nitrogen functional groups attached to an aromatic ring is 1. The summed E-state index contributed by atoms with van der Waals surface area (Å²) in [4.78, 5) is 18.7. The molecule has 0 aliphatic carbocycles. The van der Waals surface area contributed by atoms with Crippen LogP contribution in [-0.2, 0) is 6.42 Å². The molecule has 9 heteroatoms. The monoisotopic (exact) mass is 514 g/mol. The lowest BCUT2D eigenvalue weighted by Gasteiger charge is -2.31. The molecule has 1 aromatic carbocycles. The molecular weight excluding hydrogens is 482 g/mol. The number of carbonyl (C=O) groups excluding carboxylic acids is 1. The smallest absolute Gasteiger partial charge is 0.263 e. The number of amides is 1. The van der Waals surface area contributed by atoms with E-state index in [9.17, 15) is 13.6 Å². The second kappa shape index (κ2) is 10.7. The third-order valence-electron chi connectivity index (χ3n) is 7.28. The maximum absolute atomic E-state index is 13.5. The van der Waals surface area contributed by atoms with E-state index in [1.54, 1.807) is 0 Å². The number of rotatable bonds is 5. The second-order valence-corrected chi connectivity index (χ2v) is 11.1. The summed E-state index contributed by atoms with van der Waals surface area (Å²) in [6, 6.07) is 9.70. The van der Waals surface area contributed by atoms with Gasteiger partial charge in [0, 0.05) is 36.0 Å². The molecule has 0 spiro atoms. The number of anilines is 1. The van der Waals surface area contributed by atoms with Gasteiger partial charge in [-0.15, -0.1) is 11.3 Å². The number of nitrogens with two attached hydrogens (primary N) is 1. The van der Waals surface area contributed by atoms with Crippen LogP contribution in [-0.4, -0.2) is 50.0 Å². The van der Waals surface area contributed by atoms with Crippen molar-refractivity contribution in [3.05, 3.63) is 52.0 Å². The van der Waals surface area contributed by atoms with Gasteiger partial charge < -0.3 is 21.1 Å². The van der Waals surface area contributed by atoms with E-state index in [-0.39, 0.29) is 43.1 Å². The van der Waals surface area contributed by atoms with Gasteiger partial charge in [0.2, 0.25) is 0 Å². The van der Waals surface area contributed by atoms with Crippen molar-refractivity contribution in [3.8, 4) is 5.75 Å². The molecule has 36 heavy (non-hydrogen) atoms. The fourth-order valence-electron chi connectivity index (χ4n) is 5.31. The molecule has 1 fully saturated rings. The standard InChI is InChI=1S/C27H32F2N4O2S/c1-15-2-5-22-24(30)25(36-27(22)32-15)26(34)33-21-8-19-4-3-18(9-23(19)35-14-21)20-6-16(10-28)12-31-13-17(7-20)11-29/h2-5,9,16-17,20-21,31H,6-8,10-14,30H2,1H3,(H,33,34)/t16?,17?,20?,21-/m1/s1. The van der Waals surface area contributed by atoms with E-state index in [0.29, 0.717) is 49.5 Å². The quantitative estimate of drug-likeness (QED) is 0.465. The molecule has 5 rings (SSSR count). The fourth-order valence-corrected chi connectivity index (χ4v) is 6.35. The molecule has 0 bridgehead atoms. The number of aryl methyl sites for hydroxylation is 1. The molecule has 4 heterocycles. The zero-order valence-electron chi connectivity index (χ0n) is 20.4. The SMILES string of the molecule is Cc1ccc2c(N)c(C(=O)N[C@H]3COc4cc(C5CC(CF)CNCC(CF)C5)ccc4C3)sc2n1. The van der Waals surface area contributed by atoms with Gasteiger partial charge in [0.05, 0.1) is 25.1 Å². The average molecular weight is 515 g/mol. The van der Waals surface area contributed by atoms with Gasteiger partial charge in [-0.3, -0.25) is 13.6 Å². The lowest BCUT2D eigenvalue weighted by atomic mass is 9.81. The predicted molar refractivity (Wildman–Crippen MR) is 139 cm³/mol. The van der Waals surface area contributed by atoms with Crippen LogP contribution in [0.5, 0.6) is 5.75 Å². The maximum atomic E-state index is 13.5. The number of hydrogen-bond acceptors (Lipinski definition) is 6. The first-order valence-electron chi connectivity index (χ1n) is 12.5. The van der Waals surface area contributed by atoms with Crippen LogP contribution >= 0.6 is 11.3 Å². The van der Waals surface area contributed by atoms with Gasteiger partial charge >= 0.3 is 0 Å². The summed E-state index contributed by atoms with van der Waals surface area (Å²) in [5.74, 6) is 0.500. The number of nitrogens with one attached hydrogen (secondary N) is 2. The molecule has 0 radical (unpaired) electrons. The number of carbonyl (C=O) groups is 1. The highest BCUT2D eigenvalue weighted by Crippen LogP contribution is 2.37.